The fourth-order valence-corrected chi connectivity index (χ4v) is 5.07. The van der Waals surface area contributed by atoms with Crippen molar-refractivity contribution in [1.29, 1.82) is 0 Å². The van der Waals surface area contributed by atoms with Crippen LogP contribution in [-0.4, -0.2) is 40.1 Å². The molecule has 8 nitrogen and oxygen atoms in total. The molecule has 8 heteroatoms. The van der Waals surface area contributed by atoms with Crippen molar-refractivity contribution in [2.24, 2.45) is 17.8 Å². The van der Waals surface area contributed by atoms with Crippen LogP contribution in [0.25, 0.3) is 0 Å². The molecule has 3 amide bonds. The van der Waals surface area contributed by atoms with Gasteiger partial charge >= 0.3 is 0 Å². The van der Waals surface area contributed by atoms with E-state index < -0.39 is 34.9 Å². The normalized spacial score (nSPS) is 27.0. The Morgan fingerprint density at radius 3 is 2.70 bits per heavy atom. The van der Waals surface area contributed by atoms with Gasteiger partial charge in [-0.15, -0.1) is 0 Å². The van der Waals surface area contributed by atoms with E-state index in [2.05, 4.69) is 5.32 Å². The first-order valence-electron chi connectivity index (χ1n) is 9.29. The summed E-state index contributed by atoms with van der Waals surface area (Å²) in [6, 6.07) is 3.91. The minimum atomic E-state index is -0.787. The standard InChI is InChI=1S/C19H21N3O5/c1-10(14-8-11-5-6-12(14)7-11)20-16(23)9-21-18(24)13-3-2-4-15(22(26)27)17(13)19(21)25/h2-4,10-12,14H,5-9H2,1H3,(H,20,23). The summed E-state index contributed by atoms with van der Waals surface area (Å²) >= 11 is 0. The minimum absolute atomic E-state index is 0.0164. The van der Waals surface area contributed by atoms with Gasteiger partial charge in [-0.1, -0.05) is 12.5 Å². The van der Waals surface area contributed by atoms with Gasteiger partial charge in [-0.05, 0) is 50.0 Å². The van der Waals surface area contributed by atoms with Crippen LogP contribution in [0.2, 0.25) is 0 Å². The molecule has 0 radical (unpaired) electrons. The predicted molar refractivity (Wildman–Crippen MR) is 95.0 cm³/mol. The maximum atomic E-state index is 12.5. The summed E-state index contributed by atoms with van der Waals surface area (Å²) in [4.78, 5) is 48.7. The van der Waals surface area contributed by atoms with Gasteiger partial charge in [0.15, 0.2) is 0 Å². The number of rotatable bonds is 5. The van der Waals surface area contributed by atoms with Crippen LogP contribution < -0.4 is 5.32 Å². The molecule has 2 bridgehead atoms. The molecule has 0 aromatic heterocycles. The fraction of sp³-hybridized carbons (Fsp3) is 0.526. The largest absolute Gasteiger partial charge is 0.352 e. The van der Waals surface area contributed by atoms with Crippen LogP contribution in [-0.2, 0) is 4.79 Å². The van der Waals surface area contributed by atoms with Crippen LogP contribution in [0.5, 0.6) is 0 Å². The molecule has 1 aromatic rings. The molecule has 4 atom stereocenters. The summed E-state index contributed by atoms with van der Waals surface area (Å²) in [6.07, 6.45) is 4.82. The number of carbonyl (C=O) groups is 3. The number of nitro groups is 1. The monoisotopic (exact) mass is 371 g/mol. The topological polar surface area (TPSA) is 110 Å². The maximum absolute atomic E-state index is 12.5. The molecule has 142 valence electrons. The zero-order chi connectivity index (χ0) is 19.3. The van der Waals surface area contributed by atoms with E-state index in [1.807, 2.05) is 6.92 Å². The summed E-state index contributed by atoms with van der Waals surface area (Å²) in [5.74, 6) is -0.0201. The van der Waals surface area contributed by atoms with Crippen molar-refractivity contribution in [2.75, 3.05) is 6.54 Å². The Morgan fingerprint density at radius 2 is 2.07 bits per heavy atom. The van der Waals surface area contributed by atoms with E-state index >= 15 is 0 Å². The molecule has 4 unspecified atom stereocenters. The van der Waals surface area contributed by atoms with Crippen LogP contribution in [0.1, 0.15) is 53.3 Å². The first kappa shape index (κ1) is 17.6. The molecule has 2 fully saturated rings. The van der Waals surface area contributed by atoms with E-state index in [-0.39, 0.29) is 17.2 Å². The third-order valence-electron chi connectivity index (χ3n) is 6.30. The quantitative estimate of drug-likeness (QED) is 0.484. The number of hydrogen-bond donors (Lipinski definition) is 1. The summed E-state index contributed by atoms with van der Waals surface area (Å²) in [5, 5.41) is 14.1. The Bertz CT molecular complexity index is 852. The number of hydrogen-bond acceptors (Lipinski definition) is 5. The Hall–Kier alpha value is -2.77. The van der Waals surface area contributed by atoms with Gasteiger partial charge in [0.25, 0.3) is 17.5 Å². The molecule has 4 rings (SSSR count). The van der Waals surface area contributed by atoms with Gasteiger partial charge in [0.2, 0.25) is 5.91 Å². The highest BCUT2D eigenvalue weighted by molar-refractivity contribution is 6.24. The van der Waals surface area contributed by atoms with E-state index in [4.69, 9.17) is 0 Å². The molecule has 0 spiro atoms. The third-order valence-corrected chi connectivity index (χ3v) is 6.30. The first-order valence-corrected chi connectivity index (χ1v) is 9.29. The van der Waals surface area contributed by atoms with E-state index in [9.17, 15) is 24.5 Å². The van der Waals surface area contributed by atoms with Gasteiger partial charge in [-0.3, -0.25) is 29.4 Å². The molecule has 2 aliphatic carbocycles. The van der Waals surface area contributed by atoms with E-state index in [0.717, 1.165) is 17.2 Å². The van der Waals surface area contributed by atoms with Crippen molar-refractivity contribution in [1.82, 2.24) is 10.2 Å². The molecule has 2 saturated carbocycles. The van der Waals surface area contributed by atoms with E-state index in [1.165, 1.54) is 37.5 Å². The molecular formula is C19H21N3O5. The van der Waals surface area contributed by atoms with E-state index in [0.29, 0.717) is 11.8 Å². The number of imide groups is 1. The number of amides is 3. The lowest BCUT2D eigenvalue weighted by molar-refractivity contribution is -0.385. The van der Waals surface area contributed by atoms with Crippen molar-refractivity contribution in [3.05, 3.63) is 39.4 Å². The second-order valence-corrected chi connectivity index (χ2v) is 7.85. The SMILES string of the molecule is CC(NC(=O)CN1C(=O)c2cccc([N+](=O)[O-])c2C1=O)C1CC2CCC1C2. The second kappa shape index (κ2) is 6.44. The summed E-state index contributed by atoms with van der Waals surface area (Å²) in [7, 11) is 0. The van der Waals surface area contributed by atoms with Crippen molar-refractivity contribution in [3.8, 4) is 0 Å². The highest BCUT2D eigenvalue weighted by atomic mass is 16.6. The zero-order valence-corrected chi connectivity index (χ0v) is 15.0. The van der Waals surface area contributed by atoms with Crippen LogP contribution >= 0.6 is 0 Å². The molecule has 1 aliphatic heterocycles. The van der Waals surface area contributed by atoms with Gasteiger partial charge < -0.3 is 5.32 Å². The lowest BCUT2D eigenvalue weighted by Crippen LogP contribution is -2.46. The highest BCUT2D eigenvalue weighted by Crippen LogP contribution is 2.49. The average molecular weight is 371 g/mol. The molecule has 27 heavy (non-hydrogen) atoms. The molecular weight excluding hydrogens is 350 g/mol. The summed E-state index contributed by atoms with van der Waals surface area (Å²) < 4.78 is 0. The zero-order valence-electron chi connectivity index (χ0n) is 15.0. The van der Waals surface area contributed by atoms with Crippen molar-refractivity contribution in [3.63, 3.8) is 0 Å². The summed E-state index contributed by atoms with van der Waals surface area (Å²) in [5.41, 5.74) is -0.672. The Morgan fingerprint density at radius 1 is 1.30 bits per heavy atom. The lowest BCUT2D eigenvalue weighted by Gasteiger charge is -2.29. The van der Waals surface area contributed by atoms with Crippen LogP contribution in [0.4, 0.5) is 5.69 Å². The van der Waals surface area contributed by atoms with Gasteiger partial charge in [0.05, 0.1) is 10.5 Å². The van der Waals surface area contributed by atoms with Gasteiger partial charge in [0, 0.05) is 12.1 Å². The summed E-state index contributed by atoms with van der Waals surface area (Å²) in [6.45, 7) is 1.55. The average Bonchev–Trinajstić information content (AvgIpc) is 3.32. The van der Waals surface area contributed by atoms with Gasteiger partial charge in [-0.2, -0.15) is 0 Å². The predicted octanol–water partition coefficient (Wildman–Crippen LogP) is 2.13. The second-order valence-electron chi connectivity index (χ2n) is 7.85. The van der Waals surface area contributed by atoms with E-state index in [1.54, 1.807) is 0 Å². The number of nitrogens with zero attached hydrogens (tertiary/aromatic N) is 2. The minimum Gasteiger partial charge on any atom is -0.352 e. The number of nitro benzene ring substituents is 1. The lowest BCUT2D eigenvalue weighted by atomic mass is 9.84. The maximum Gasteiger partial charge on any atom is 0.282 e. The number of benzene rings is 1. The number of nitrogens with one attached hydrogen (secondary N) is 1. The highest BCUT2D eigenvalue weighted by Gasteiger charge is 2.44. The fourth-order valence-electron chi connectivity index (χ4n) is 5.07. The smallest absolute Gasteiger partial charge is 0.282 e. The molecule has 1 aromatic carbocycles. The van der Waals surface area contributed by atoms with Crippen molar-refractivity contribution in [2.45, 2.75) is 38.6 Å². The first-order chi connectivity index (χ1) is 12.9. The molecule has 1 heterocycles. The number of fused-ring (bicyclic) bond motifs is 3. The molecule has 0 saturated heterocycles. The Balaban J connectivity index is 1.44. The van der Waals surface area contributed by atoms with Gasteiger partial charge in [-0.25, -0.2) is 0 Å². The van der Waals surface area contributed by atoms with Crippen molar-refractivity contribution >= 4 is 23.4 Å². The van der Waals surface area contributed by atoms with Gasteiger partial charge in [0.1, 0.15) is 12.1 Å². The number of carbonyl (C=O) groups excluding carboxylic acids is 3. The Kier molecular flexibility index (Phi) is 4.20. The van der Waals surface area contributed by atoms with Crippen LogP contribution in [0, 0.1) is 27.9 Å². The molecule has 3 aliphatic rings. The van der Waals surface area contributed by atoms with Crippen LogP contribution in [0.3, 0.4) is 0 Å². The van der Waals surface area contributed by atoms with Crippen molar-refractivity contribution < 1.29 is 19.3 Å². The molecule has 1 N–H and O–H groups in total. The Labute approximate surface area is 156 Å². The van der Waals surface area contributed by atoms with Crippen LogP contribution in [0.15, 0.2) is 18.2 Å². The third kappa shape index (κ3) is 2.89.